The van der Waals surface area contributed by atoms with Gasteiger partial charge in [-0.15, -0.1) is 0 Å². The van der Waals surface area contributed by atoms with Crippen LogP contribution in [0.25, 0.3) is 0 Å². The number of para-hydroxylation sites is 1. The van der Waals surface area contributed by atoms with Crippen LogP contribution in [0.3, 0.4) is 0 Å². The van der Waals surface area contributed by atoms with Gasteiger partial charge >= 0.3 is 0 Å². The van der Waals surface area contributed by atoms with E-state index in [1.54, 1.807) is 4.90 Å². The Balaban J connectivity index is 2.39. The second-order valence-electron chi connectivity index (χ2n) is 4.66. The molecule has 0 aliphatic heterocycles. The molecule has 0 saturated carbocycles. The van der Waals surface area contributed by atoms with Crippen LogP contribution in [0.5, 0.6) is 5.75 Å². The second-order valence-corrected chi connectivity index (χ2v) is 4.66. The molecule has 1 aromatic rings. The molecule has 0 spiro atoms. The van der Waals surface area contributed by atoms with Gasteiger partial charge in [0, 0.05) is 18.7 Å². The molecule has 2 amide bonds. The summed E-state index contributed by atoms with van der Waals surface area (Å²) in [5, 5.41) is 0. The molecule has 21 heavy (non-hydrogen) atoms. The van der Waals surface area contributed by atoms with Crippen molar-refractivity contribution in [3.63, 3.8) is 0 Å². The molecule has 0 saturated heterocycles. The SMILES string of the molecule is NCc1ccccc1OCCCN(CC(N)=O)CC(N)=O. The molecule has 7 nitrogen and oxygen atoms in total. The number of nitrogens with zero attached hydrogens (tertiary/aromatic N) is 1. The lowest BCUT2D eigenvalue weighted by molar-refractivity contribution is -0.121. The third-order valence-electron chi connectivity index (χ3n) is 2.83. The van der Waals surface area contributed by atoms with E-state index in [1.807, 2.05) is 24.3 Å². The third-order valence-corrected chi connectivity index (χ3v) is 2.83. The van der Waals surface area contributed by atoms with E-state index in [9.17, 15) is 9.59 Å². The Bertz CT molecular complexity index is 463. The van der Waals surface area contributed by atoms with Crippen LogP contribution in [0.15, 0.2) is 24.3 Å². The predicted molar refractivity (Wildman–Crippen MR) is 79.3 cm³/mol. The van der Waals surface area contributed by atoms with Gasteiger partial charge in [0.25, 0.3) is 0 Å². The first kappa shape index (κ1) is 16.9. The zero-order valence-corrected chi connectivity index (χ0v) is 12.0. The molecule has 0 aromatic heterocycles. The smallest absolute Gasteiger partial charge is 0.231 e. The number of primary amides is 2. The van der Waals surface area contributed by atoms with Gasteiger partial charge in [0.1, 0.15) is 5.75 Å². The van der Waals surface area contributed by atoms with Gasteiger partial charge in [0.05, 0.1) is 19.7 Å². The Morgan fingerprint density at radius 3 is 2.29 bits per heavy atom. The monoisotopic (exact) mass is 294 g/mol. The van der Waals surface area contributed by atoms with Gasteiger partial charge in [0.15, 0.2) is 0 Å². The van der Waals surface area contributed by atoms with Crippen LogP contribution >= 0.6 is 0 Å². The van der Waals surface area contributed by atoms with Gasteiger partial charge in [-0.05, 0) is 12.5 Å². The third kappa shape index (κ3) is 6.73. The summed E-state index contributed by atoms with van der Waals surface area (Å²) in [6, 6.07) is 7.53. The Labute approximate surface area is 124 Å². The fourth-order valence-corrected chi connectivity index (χ4v) is 1.94. The number of carbonyl (C=O) groups is 2. The van der Waals surface area contributed by atoms with Crippen molar-refractivity contribution in [1.29, 1.82) is 0 Å². The van der Waals surface area contributed by atoms with Gasteiger partial charge in [-0.1, -0.05) is 18.2 Å². The van der Waals surface area contributed by atoms with Crippen molar-refractivity contribution in [2.75, 3.05) is 26.2 Å². The minimum Gasteiger partial charge on any atom is -0.493 e. The van der Waals surface area contributed by atoms with E-state index in [4.69, 9.17) is 21.9 Å². The normalized spacial score (nSPS) is 10.6. The minimum atomic E-state index is -0.495. The second kappa shape index (κ2) is 8.93. The van der Waals surface area contributed by atoms with Gasteiger partial charge in [0.2, 0.25) is 11.8 Å². The molecule has 1 aromatic carbocycles. The molecule has 0 fully saturated rings. The van der Waals surface area contributed by atoms with E-state index in [0.717, 1.165) is 11.3 Å². The van der Waals surface area contributed by atoms with Crippen molar-refractivity contribution in [2.24, 2.45) is 17.2 Å². The highest BCUT2D eigenvalue weighted by Crippen LogP contribution is 2.17. The first-order valence-corrected chi connectivity index (χ1v) is 6.72. The molecule has 6 N–H and O–H groups in total. The summed E-state index contributed by atoms with van der Waals surface area (Å²) in [6.07, 6.45) is 0.638. The Morgan fingerprint density at radius 1 is 1.10 bits per heavy atom. The van der Waals surface area contributed by atoms with E-state index >= 15 is 0 Å². The number of nitrogens with two attached hydrogens (primary N) is 3. The minimum absolute atomic E-state index is 0.00231. The van der Waals surface area contributed by atoms with E-state index < -0.39 is 11.8 Å². The standard InChI is InChI=1S/C14H22N4O3/c15-8-11-4-1-2-5-12(11)21-7-3-6-18(9-13(16)19)10-14(17)20/h1-2,4-5H,3,6-10,15H2,(H2,16,19)(H2,17,20). The summed E-state index contributed by atoms with van der Waals surface area (Å²) in [6.45, 7) is 1.36. The molecule has 0 bridgehead atoms. The molecule has 1 rings (SSSR count). The molecule has 0 radical (unpaired) electrons. The maximum atomic E-state index is 10.9. The molecular formula is C14H22N4O3. The number of hydrogen-bond donors (Lipinski definition) is 3. The molecule has 0 aliphatic rings. The van der Waals surface area contributed by atoms with Crippen molar-refractivity contribution in [3.05, 3.63) is 29.8 Å². The number of rotatable bonds is 10. The number of hydrogen-bond acceptors (Lipinski definition) is 5. The first-order valence-electron chi connectivity index (χ1n) is 6.72. The fraction of sp³-hybridized carbons (Fsp3) is 0.429. The van der Waals surface area contributed by atoms with Gasteiger partial charge < -0.3 is 21.9 Å². The van der Waals surface area contributed by atoms with Crippen LogP contribution in [0.1, 0.15) is 12.0 Å². The summed E-state index contributed by atoms with van der Waals surface area (Å²) in [7, 11) is 0. The lowest BCUT2D eigenvalue weighted by Crippen LogP contribution is -2.40. The van der Waals surface area contributed by atoms with Crippen LogP contribution in [0, 0.1) is 0 Å². The summed E-state index contributed by atoms with van der Waals surface area (Å²) in [5.74, 6) is -0.243. The molecule has 0 unspecified atom stereocenters. The Morgan fingerprint density at radius 2 is 1.71 bits per heavy atom. The highest BCUT2D eigenvalue weighted by atomic mass is 16.5. The van der Waals surface area contributed by atoms with Crippen molar-refractivity contribution in [2.45, 2.75) is 13.0 Å². The molecule has 0 atom stereocenters. The lowest BCUT2D eigenvalue weighted by Gasteiger charge is -2.19. The van der Waals surface area contributed by atoms with E-state index in [2.05, 4.69) is 0 Å². The van der Waals surface area contributed by atoms with Crippen molar-refractivity contribution >= 4 is 11.8 Å². The highest BCUT2D eigenvalue weighted by molar-refractivity contribution is 5.79. The molecule has 0 aliphatic carbocycles. The summed E-state index contributed by atoms with van der Waals surface area (Å²) in [5.41, 5.74) is 16.8. The average molecular weight is 294 g/mol. The van der Waals surface area contributed by atoms with E-state index in [-0.39, 0.29) is 13.1 Å². The van der Waals surface area contributed by atoms with Crippen molar-refractivity contribution in [1.82, 2.24) is 4.90 Å². The van der Waals surface area contributed by atoms with Crippen LogP contribution in [-0.4, -0.2) is 43.0 Å². The lowest BCUT2D eigenvalue weighted by atomic mass is 10.2. The van der Waals surface area contributed by atoms with E-state index in [1.165, 1.54) is 0 Å². The van der Waals surface area contributed by atoms with Crippen molar-refractivity contribution < 1.29 is 14.3 Å². The fourth-order valence-electron chi connectivity index (χ4n) is 1.94. The van der Waals surface area contributed by atoms with Gasteiger partial charge in [-0.2, -0.15) is 0 Å². The summed E-state index contributed by atoms with van der Waals surface area (Å²) < 4.78 is 5.65. The van der Waals surface area contributed by atoms with Crippen LogP contribution < -0.4 is 21.9 Å². The van der Waals surface area contributed by atoms with E-state index in [0.29, 0.717) is 26.1 Å². The number of benzene rings is 1. The van der Waals surface area contributed by atoms with Gasteiger partial charge in [-0.25, -0.2) is 0 Å². The summed E-state index contributed by atoms with van der Waals surface area (Å²) in [4.78, 5) is 23.4. The predicted octanol–water partition coefficient (Wildman–Crippen LogP) is -0.813. The maximum absolute atomic E-state index is 10.9. The Kier molecular flexibility index (Phi) is 7.20. The van der Waals surface area contributed by atoms with Crippen LogP contribution in [0.4, 0.5) is 0 Å². The van der Waals surface area contributed by atoms with Crippen LogP contribution in [0.2, 0.25) is 0 Å². The molecular weight excluding hydrogens is 272 g/mol. The number of ether oxygens (including phenoxy) is 1. The summed E-state index contributed by atoms with van der Waals surface area (Å²) >= 11 is 0. The zero-order chi connectivity index (χ0) is 15.7. The molecule has 116 valence electrons. The zero-order valence-electron chi connectivity index (χ0n) is 12.0. The quantitative estimate of drug-likeness (QED) is 0.487. The van der Waals surface area contributed by atoms with Crippen molar-refractivity contribution in [3.8, 4) is 5.75 Å². The average Bonchev–Trinajstić information content (AvgIpc) is 2.42. The molecule has 0 heterocycles. The number of amides is 2. The number of carbonyl (C=O) groups excluding carboxylic acids is 2. The first-order chi connectivity index (χ1) is 10.0. The topological polar surface area (TPSA) is 125 Å². The van der Waals surface area contributed by atoms with Crippen LogP contribution in [-0.2, 0) is 16.1 Å². The highest BCUT2D eigenvalue weighted by Gasteiger charge is 2.11. The largest absolute Gasteiger partial charge is 0.493 e. The van der Waals surface area contributed by atoms with Gasteiger partial charge in [-0.3, -0.25) is 14.5 Å². The molecule has 7 heteroatoms. The Hall–Kier alpha value is -2.12. The maximum Gasteiger partial charge on any atom is 0.231 e.